The van der Waals surface area contributed by atoms with Gasteiger partial charge in [0.15, 0.2) is 0 Å². The number of carbonyl (C=O) groups excluding carboxylic acids is 1. The van der Waals surface area contributed by atoms with E-state index in [1.807, 2.05) is 56.4 Å². The number of hydrogen-bond donors (Lipinski definition) is 1. The Balaban J connectivity index is 1.75. The van der Waals surface area contributed by atoms with Crippen LogP contribution < -0.4 is 5.32 Å². The number of nitrogens with zero attached hydrogens (tertiary/aromatic N) is 1. The zero-order valence-corrected chi connectivity index (χ0v) is 13.8. The van der Waals surface area contributed by atoms with Gasteiger partial charge in [-0.05, 0) is 44.0 Å². The lowest BCUT2D eigenvalue weighted by atomic mass is 9.95. The summed E-state index contributed by atoms with van der Waals surface area (Å²) in [4.78, 5) is 14.9. The molecule has 1 saturated carbocycles. The first-order chi connectivity index (χ1) is 11.1. The molecule has 0 aliphatic heterocycles. The smallest absolute Gasteiger partial charge is 0.248 e. The first-order valence-corrected chi connectivity index (χ1v) is 8.23. The molecule has 4 nitrogen and oxygen atoms in total. The summed E-state index contributed by atoms with van der Waals surface area (Å²) >= 11 is 0. The molecule has 1 aliphatic rings. The molecule has 1 N–H and O–H groups in total. The zero-order valence-electron chi connectivity index (χ0n) is 13.8. The number of anilines is 1. The number of para-hydroxylation sites is 1. The van der Waals surface area contributed by atoms with Crippen molar-refractivity contribution in [3.63, 3.8) is 0 Å². The molecule has 0 bridgehead atoms. The topological polar surface area (TPSA) is 45.5 Å². The molecular weight excluding hydrogens is 288 g/mol. The highest BCUT2D eigenvalue weighted by molar-refractivity contribution is 5.89. The summed E-state index contributed by atoms with van der Waals surface area (Å²) in [5.74, 6) is 1.85. The van der Waals surface area contributed by atoms with Gasteiger partial charge in [0.25, 0.3) is 0 Å². The molecule has 122 valence electrons. The number of hydrogen-bond acceptors (Lipinski definition) is 3. The van der Waals surface area contributed by atoms with Crippen molar-refractivity contribution in [2.75, 3.05) is 12.4 Å². The number of likely N-dealkylation sites (N-methyl/N-ethyl adjacent to an activating group) is 1. The van der Waals surface area contributed by atoms with Crippen molar-refractivity contribution >= 4 is 11.6 Å². The predicted molar refractivity (Wildman–Crippen MR) is 91.2 cm³/mol. The van der Waals surface area contributed by atoms with E-state index in [2.05, 4.69) is 5.32 Å². The van der Waals surface area contributed by atoms with Crippen molar-refractivity contribution in [3.05, 3.63) is 54.0 Å². The van der Waals surface area contributed by atoms with Crippen LogP contribution in [0.1, 0.15) is 37.2 Å². The Morgan fingerprint density at radius 2 is 1.87 bits per heavy atom. The lowest BCUT2D eigenvalue weighted by Crippen LogP contribution is -2.50. The Labute approximate surface area is 137 Å². The van der Waals surface area contributed by atoms with Gasteiger partial charge in [-0.3, -0.25) is 4.79 Å². The van der Waals surface area contributed by atoms with E-state index in [4.69, 9.17) is 4.42 Å². The molecular formula is C19H24N2O2. The predicted octanol–water partition coefficient (Wildman–Crippen LogP) is 3.97. The Morgan fingerprint density at radius 1 is 1.17 bits per heavy atom. The van der Waals surface area contributed by atoms with Crippen LogP contribution in [-0.4, -0.2) is 23.4 Å². The van der Waals surface area contributed by atoms with Crippen LogP contribution in [0, 0.1) is 6.92 Å². The molecule has 1 heterocycles. The van der Waals surface area contributed by atoms with Crippen LogP contribution in [0.25, 0.3) is 0 Å². The molecule has 0 spiro atoms. The highest BCUT2D eigenvalue weighted by Gasteiger charge is 2.42. The normalized spacial score (nSPS) is 16.3. The molecule has 1 aromatic heterocycles. The number of aryl methyl sites for hydroxylation is 1. The Hall–Kier alpha value is -2.23. The number of furan rings is 1. The lowest BCUT2D eigenvalue weighted by Gasteiger charge is -2.34. The molecule has 0 atom stereocenters. The minimum absolute atomic E-state index is 0.146. The molecule has 1 aliphatic carbocycles. The molecule has 2 aromatic rings. The second-order valence-corrected chi connectivity index (χ2v) is 6.45. The fraction of sp³-hybridized carbons (Fsp3) is 0.421. The van der Waals surface area contributed by atoms with Crippen molar-refractivity contribution in [2.45, 2.75) is 44.7 Å². The zero-order chi connectivity index (χ0) is 16.3. The van der Waals surface area contributed by atoms with E-state index >= 15 is 0 Å². The largest absolute Gasteiger partial charge is 0.464 e. The number of benzene rings is 1. The van der Waals surface area contributed by atoms with Gasteiger partial charge in [0, 0.05) is 12.7 Å². The Kier molecular flexibility index (Phi) is 4.42. The molecule has 23 heavy (non-hydrogen) atoms. The fourth-order valence-electron chi connectivity index (χ4n) is 3.41. The molecule has 0 unspecified atom stereocenters. The van der Waals surface area contributed by atoms with Crippen molar-refractivity contribution in [1.82, 2.24) is 4.90 Å². The number of amides is 1. The summed E-state index contributed by atoms with van der Waals surface area (Å²) in [6.07, 6.45) is 3.92. The Bertz CT molecular complexity index is 657. The maximum absolute atomic E-state index is 13.1. The molecule has 1 fully saturated rings. The van der Waals surface area contributed by atoms with E-state index in [1.165, 1.54) is 0 Å². The fourth-order valence-corrected chi connectivity index (χ4v) is 3.41. The van der Waals surface area contributed by atoms with Gasteiger partial charge >= 0.3 is 0 Å². The summed E-state index contributed by atoms with van der Waals surface area (Å²) in [5.41, 5.74) is 0.516. The van der Waals surface area contributed by atoms with Gasteiger partial charge in [0.05, 0.1) is 6.54 Å². The average Bonchev–Trinajstić information content (AvgIpc) is 3.17. The van der Waals surface area contributed by atoms with Gasteiger partial charge < -0.3 is 14.6 Å². The van der Waals surface area contributed by atoms with Gasteiger partial charge in [0.1, 0.15) is 17.1 Å². The Morgan fingerprint density at radius 3 is 2.48 bits per heavy atom. The second kappa shape index (κ2) is 6.49. The summed E-state index contributed by atoms with van der Waals surface area (Å²) < 4.78 is 5.60. The molecule has 3 rings (SSSR count). The van der Waals surface area contributed by atoms with E-state index in [-0.39, 0.29) is 5.91 Å². The molecule has 4 heteroatoms. The van der Waals surface area contributed by atoms with Gasteiger partial charge in [-0.15, -0.1) is 0 Å². The summed E-state index contributed by atoms with van der Waals surface area (Å²) in [6, 6.07) is 13.9. The van der Waals surface area contributed by atoms with Gasteiger partial charge in [0.2, 0.25) is 5.91 Å². The van der Waals surface area contributed by atoms with Crippen LogP contribution >= 0.6 is 0 Å². The minimum atomic E-state index is -0.488. The minimum Gasteiger partial charge on any atom is -0.464 e. The second-order valence-electron chi connectivity index (χ2n) is 6.45. The SMILES string of the molecule is Cc1ccc(CN(C)C(=O)C2(Nc3ccccc3)CCCC2)o1. The van der Waals surface area contributed by atoms with Crippen LogP contribution in [0.5, 0.6) is 0 Å². The van der Waals surface area contributed by atoms with Crippen LogP contribution in [0.3, 0.4) is 0 Å². The van der Waals surface area contributed by atoms with E-state index in [9.17, 15) is 4.79 Å². The number of carbonyl (C=O) groups is 1. The van der Waals surface area contributed by atoms with Crippen molar-refractivity contribution in [1.29, 1.82) is 0 Å². The van der Waals surface area contributed by atoms with E-state index in [0.717, 1.165) is 42.9 Å². The summed E-state index contributed by atoms with van der Waals surface area (Å²) in [6.45, 7) is 2.42. The quantitative estimate of drug-likeness (QED) is 0.908. The van der Waals surface area contributed by atoms with E-state index < -0.39 is 5.54 Å². The molecule has 0 radical (unpaired) electrons. The van der Waals surface area contributed by atoms with Gasteiger partial charge in [-0.1, -0.05) is 31.0 Å². The van der Waals surface area contributed by atoms with E-state index in [1.54, 1.807) is 4.90 Å². The third-order valence-corrected chi connectivity index (χ3v) is 4.56. The van der Waals surface area contributed by atoms with Gasteiger partial charge in [-0.2, -0.15) is 0 Å². The van der Waals surface area contributed by atoms with Gasteiger partial charge in [-0.25, -0.2) is 0 Å². The van der Waals surface area contributed by atoms with Crippen LogP contribution in [0.4, 0.5) is 5.69 Å². The van der Waals surface area contributed by atoms with E-state index in [0.29, 0.717) is 6.54 Å². The molecule has 1 aromatic carbocycles. The molecule has 0 saturated heterocycles. The van der Waals surface area contributed by atoms with Crippen LogP contribution in [0.15, 0.2) is 46.9 Å². The number of rotatable bonds is 5. The average molecular weight is 312 g/mol. The van der Waals surface area contributed by atoms with Crippen molar-refractivity contribution in [2.24, 2.45) is 0 Å². The lowest BCUT2D eigenvalue weighted by molar-refractivity contribution is -0.135. The standard InChI is InChI=1S/C19H24N2O2/c1-15-10-11-17(23-15)14-21(2)18(22)19(12-6-7-13-19)20-16-8-4-3-5-9-16/h3-5,8-11,20H,6-7,12-14H2,1-2H3. The first-order valence-electron chi connectivity index (χ1n) is 8.23. The van der Waals surface area contributed by atoms with Crippen molar-refractivity contribution in [3.8, 4) is 0 Å². The third kappa shape index (κ3) is 3.41. The summed E-state index contributed by atoms with van der Waals surface area (Å²) in [7, 11) is 1.85. The third-order valence-electron chi connectivity index (χ3n) is 4.56. The summed E-state index contributed by atoms with van der Waals surface area (Å²) in [5, 5.41) is 3.50. The number of nitrogens with one attached hydrogen (secondary N) is 1. The molecule has 1 amide bonds. The van der Waals surface area contributed by atoms with Crippen LogP contribution in [0.2, 0.25) is 0 Å². The monoisotopic (exact) mass is 312 g/mol. The maximum atomic E-state index is 13.1. The van der Waals surface area contributed by atoms with Crippen molar-refractivity contribution < 1.29 is 9.21 Å². The highest BCUT2D eigenvalue weighted by atomic mass is 16.3. The highest BCUT2D eigenvalue weighted by Crippen LogP contribution is 2.35. The maximum Gasteiger partial charge on any atom is 0.248 e. The van der Waals surface area contributed by atoms with Crippen LogP contribution in [-0.2, 0) is 11.3 Å². The first kappa shape index (κ1) is 15.7.